The minimum Gasteiger partial charge on any atom is -0.493 e. The summed E-state index contributed by atoms with van der Waals surface area (Å²) in [4.78, 5) is 15.4. The summed E-state index contributed by atoms with van der Waals surface area (Å²) < 4.78 is 21.9. The number of rotatable bonds is 14. The van der Waals surface area contributed by atoms with Crippen LogP contribution in [0.5, 0.6) is 23.0 Å². The van der Waals surface area contributed by atoms with Gasteiger partial charge >= 0.3 is 0 Å². The number of benzene rings is 2. The fourth-order valence-corrected chi connectivity index (χ4v) is 4.93. The van der Waals surface area contributed by atoms with Gasteiger partial charge in [0.2, 0.25) is 0 Å². The lowest BCUT2D eigenvalue weighted by Gasteiger charge is -2.32. The number of ether oxygens (including phenoxy) is 4. The van der Waals surface area contributed by atoms with Crippen LogP contribution in [0.4, 0.5) is 0 Å². The van der Waals surface area contributed by atoms with Crippen molar-refractivity contribution in [2.45, 2.75) is 64.8 Å². The summed E-state index contributed by atoms with van der Waals surface area (Å²) in [7, 11) is 8.44. The molecule has 1 unspecified atom stereocenters. The number of nitrogens with one attached hydrogen (secondary N) is 1. The summed E-state index contributed by atoms with van der Waals surface area (Å²) >= 11 is 0. The SMILES string of the molecule is COc1ccc(C(C#N)(CCCN(C)CCc2cc(OC)c(OC)cc2C(=O)NC(C)(C)C)C(C)C)cc1OC. The van der Waals surface area contributed by atoms with Crippen LogP contribution in [0, 0.1) is 17.2 Å². The van der Waals surface area contributed by atoms with Crippen molar-refractivity contribution < 1.29 is 23.7 Å². The fraction of sp³-hybridized carbons (Fsp3) is 0.562. The first-order valence-electron chi connectivity index (χ1n) is 13.8. The van der Waals surface area contributed by atoms with E-state index in [0.717, 1.165) is 30.6 Å². The Bertz CT molecular complexity index is 1180. The highest BCUT2D eigenvalue weighted by molar-refractivity contribution is 5.97. The van der Waals surface area contributed by atoms with Crippen LogP contribution < -0.4 is 24.3 Å². The maximum Gasteiger partial charge on any atom is 0.252 e. The Morgan fingerprint density at radius 3 is 2.02 bits per heavy atom. The van der Waals surface area contributed by atoms with Crippen LogP contribution in [-0.2, 0) is 11.8 Å². The van der Waals surface area contributed by atoms with Crippen molar-refractivity contribution >= 4 is 5.91 Å². The van der Waals surface area contributed by atoms with Crippen LogP contribution >= 0.6 is 0 Å². The molecule has 0 aliphatic heterocycles. The van der Waals surface area contributed by atoms with Crippen LogP contribution in [0.1, 0.15) is 68.9 Å². The van der Waals surface area contributed by atoms with Crippen LogP contribution in [0.3, 0.4) is 0 Å². The minimum absolute atomic E-state index is 0.108. The molecule has 0 radical (unpaired) electrons. The van der Waals surface area contributed by atoms with Gasteiger partial charge in [0.05, 0.1) is 39.9 Å². The number of hydrogen-bond donors (Lipinski definition) is 1. The van der Waals surface area contributed by atoms with Crippen molar-refractivity contribution in [1.29, 1.82) is 5.26 Å². The molecule has 8 nitrogen and oxygen atoms in total. The highest BCUT2D eigenvalue weighted by atomic mass is 16.5. The Morgan fingerprint density at radius 1 is 0.925 bits per heavy atom. The van der Waals surface area contributed by atoms with Gasteiger partial charge in [0, 0.05) is 17.6 Å². The van der Waals surface area contributed by atoms with Gasteiger partial charge in [-0.25, -0.2) is 0 Å². The molecule has 0 saturated heterocycles. The minimum atomic E-state index is -0.651. The summed E-state index contributed by atoms with van der Waals surface area (Å²) in [6.07, 6.45) is 2.20. The quantitative estimate of drug-likeness (QED) is 0.324. The molecule has 1 atom stereocenters. The molecule has 0 spiro atoms. The summed E-state index contributed by atoms with van der Waals surface area (Å²) in [5.74, 6) is 2.35. The van der Waals surface area contributed by atoms with Crippen LogP contribution in [0.25, 0.3) is 0 Å². The highest BCUT2D eigenvalue weighted by Crippen LogP contribution is 2.40. The maximum absolute atomic E-state index is 13.1. The topological polar surface area (TPSA) is 93.0 Å². The van der Waals surface area contributed by atoms with E-state index in [1.165, 1.54) is 0 Å². The van der Waals surface area contributed by atoms with Crippen molar-refractivity contribution in [3.8, 4) is 29.1 Å². The Morgan fingerprint density at radius 2 is 1.50 bits per heavy atom. The molecule has 1 N–H and O–H groups in total. The molecule has 2 aromatic carbocycles. The van der Waals surface area contributed by atoms with E-state index < -0.39 is 5.41 Å². The summed E-state index contributed by atoms with van der Waals surface area (Å²) in [5, 5.41) is 13.4. The van der Waals surface area contributed by atoms with E-state index in [1.54, 1.807) is 34.5 Å². The average molecular weight is 554 g/mol. The molecule has 0 bridgehead atoms. The number of likely N-dealkylation sites (N-methyl/N-ethyl adjacent to an activating group) is 1. The molecule has 0 aromatic heterocycles. The zero-order valence-corrected chi connectivity index (χ0v) is 25.9. The van der Waals surface area contributed by atoms with E-state index in [0.29, 0.717) is 41.4 Å². The Labute approximate surface area is 240 Å². The molecule has 0 heterocycles. The monoisotopic (exact) mass is 553 g/mol. The molecule has 220 valence electrons. The fourth-order valence-electron chi connectivity index (χ4n) is 4.93. The van der Waals surface area contributed by atoms with Gasteiger partial charge in [-0.05, 0) is 94.9 Å². The molecule has 0 saturated carbocycles. The lowest BCUT2D eigenvalue weighted by Crippen LogP contribution is -2.41. The van der Waals surface area contributed by atoms with E-state index >= 15 is 0 Å². The first-order chi connectivity index (χ1) is 18.8. The largest absolute Gasteiger partial charge is 0.493 e. The summed E-state index contributed by atoms with van der Waals surface area (Å²) in [5.41, 5.74) is 1.39. The standard InChI is InChI=1S/C32H47N3O5/c1-22(2)32(21-33,24-12-13-26(37-7)28(19-24)39-9)15-11-16-35(6)17-14-23-18-27(38-8)29(40-10)20-25(23)30(36)34-31(3,4)5/h12-13,18-20,22H,11,14-17H2,1-10H3,(H,34,36). The van der Waals surface area contributed by atoms with Crippen molar-refractivity contribution in [2.75, 3.05) is 48.6 Å². The molecule has 1 amide bonds. The average Bonchev–Trinajstić information content (AvgIpc) is 2.92. The predicted octanol–water partition coefficient (Wildman–Crippen LogP) is 5.62. The van der Waals surface area contributed by atoms with Gasteiger partial charge in [-0.15, -0.1) is 0 Å². The second-order valence-electron chi connectivity index (χ2n) is 11.5. The molecule has 40 heavy (non-hydrogen) atoms. The first kappa shape index (κ1) is 32.8. The van der Waals surface area contributed by atoms with Gasteiger partial charge < -0.3 is 29.2 Å². The summed E-state index contributed by atoms with van der Waals surface area (Å²) in [6.45, 7) is 11.6. The Kier molecular flexibility index (Phi) is 11.7. The van der Waals surface area contributed by atoms with E-state index in [4.69, 9.17) is 18.9 Å². The number of hydrogen-bond acceptors (Lipinski definition) is 7. The van der Waals surface area contributed by atoms with E-state index in [1.807, 2.05) is 45.0 Å². The number of nitrogens with zero attached hydrogens (tertiary/aromatic N) is 2. The second-order valence-corrected chi connectivity index (χ2v) is 11.5. The van der Waals surface area contributed by atoms with Gasteiger partial charge in [0.1, 0.15) is 0 Å². The Hall–Kier alpha value is -3.44. The third-order valence-corrected chi connectivity index (χ3v) is 7.30. The summed E-state index contributed by atoms with van der Waals surface area (Å²) in [6, 6.07) is 12.0. The van der Waals surface area contributed by atoms with Gasteiger partial charge in [-0.1, -0.05) is 19.9 Å². The van der Waals surface area contributed by atoms with E-state index in [2.05, 4.69) is 37.2 Å². The van der Waals surface area contributed by atoms with Crippen molar-refractivity contribution in [3.05, 3.63) is 47.0 Å². The van der Waals surface area contributed by atoms with Crippen LogP contribution in [0.2, 0.25) is 0 Å². The lowest BCUT2D eigenvalue weighted by molar-refractivity contribution is 0.0918. The third kappa shape index (κ3) is 8.04. The first-order valence-corrected chi connectivity index (χ1v) is 13.8. The van der Waals surface area contributed by atoms with Crippen molar-refractivity contribution in [1.82, 2.24) is 10.2 Å². The molecule has 8 heteroatoms. The van der Waals surface area contributed by atoms with Crippen molar-refractivity contribution in [2.24, 2.45) is 5.92 Å². The van der Waals surface area contributed by atoms with Crippen LogP contribution in [0.15, 0.2) is 30.3 Å². The van der Waals surface area contributed by atoms with Gasteiger partial charge in [0.15, 0.2) is 23.0 Å². The molecular formula is C32H47N3O5. The molecular weight excluding hydrogens is 506 g/mol. The number of carbonyl (C=O) groups is 1. The van der Waals surface area contributed by atoms with Gasteiger partial charge in [-0.3, -0.25) is 4.79 Å². The van der Waals surface area contributed by atoms with E-state index in [-0.39, 0.29) is 17.4 Å². The number of nitriles is 1. The van der Waals surface area contributed by atoms with E-state index in [9.17, 15) is 10.1 Å². The number of amides is 1. The lowest BCUT2D eigenvalue weighted by atomic mass is 9.69. The number of carbonyl (C=O) groups excluding carboxylic acids is 1. The molecule has 0 fully saturated rings. The van der Waals surface area contributed by atoms with Gasteiger partial charge in [0.25, 0.3) is 5.91 Å². The highest BCUT2D eigenvalue weighted by Gasteiger charge is 2.36. The molecule has 0 aliphatic carbocycles. The second kappa shape index (κ2) is 14.3. The molecule has 2 rings (SSSR count). The van der Waals surface area contributed by atoms with Crippen LogP contribution in [-0.4, -0.2) is 64.9 Å². The predicted molar refractivity (Wildman–Crippen MR) is 159 cm³/mol. The smallest absolute Gasteiger partial charge is 0.252 e. The third-order valence-electron chi connectivity index (χ3n) is 7.30. The Balaban J connectivity index is 2.17. The molecule has 0 aliphatic rings. The number of methoxy groups -OCH3 is 4. The zero-order chi connectivity index (χ0) is 30.1. The van der Waals surface area contributed by atoms with Crippen molar-refractivity contribution in [3.63, 3.8) is 0 Å². The van der Waals surface area contributed by atoms with Gasteiger partial charge in [-0.2, -0.15) is 5.26 Å². The molecule has 2 aromatic rings. The maximum atomic E-state index is 13.1. The normalized spacial score (nSPS) is 13.0. The zero-order valence-electron chi connectivity index (χ0n) is 25.9.